The zero-order chi connectivity index (χ0) is 14.9. The average molecular weight is 290 g/mol. The molecule has 0 radical (unpaired) electrons. The number of ketones is 1. The van der Waals surface area contributed by atoms with Gasteiger partial charge >= 0.3 is 0 Å². The molecule has 0 spiro atoms. The molecule has 20 heavy (non-hydrogen) atoms. The third kappa shape index (κ3) is 2.63. The second-order valence-corrected chi connectivity index (χ2v) is 5.08. The number of ether oxygens (including phenoxy) is 1. The van der Waals surface area contributed by atoms with E-state index in [9.17, 15) is 4.79 Å². The largest absolute Gasteiger partial charge is 0.455 e. The highest BCUT2D eigenvalue weighted by Gasteiger charge is 2.14. The molecule has 2 rings (SSSR count). The number of carbonyl (C=O) groups is 1. The predicted molar refractivity (Wildman–Crippen MR) is 81.9 cm³/mol. The first kappa shape index (κ1) is 14.4. The summed E-state index contributed by atoms with van der Waals surface area (Å²) in [7, 11) is 0. The molecule has 0 saturated carbocycles. The highest BCUT2D eigenvalue weighted by atomic mass is 35.5. The Morgan fingerprint density at radius 1 is 1.15 bits per heavy atom. The Bertz CT molecular complexity index is 680. The smallest absolute Gasteiger partial charge is 0.160 e. The monoisotopic (exact) mass is 289 g/mol. The SMILES string of the molecule is CC(=O)c1c(C)ccc(Oc2cccc(N)c2Cl)c1C. The van der Waals surface area contributed by atoms with Crippen molar-refractivity contribution in [1.29, 1.82) is 0 Å². The molecule has 4 heteroatoms. The van der Waals surface area contributed by atoms with E-state index in [4.69, 9.17) is 22.1 Å². The molecule has 0 unspecified atom stereocenters. The van der Waals surface area contributed by atoms with Gasteiger partial charge in [0.05, 0.1) is 5.69 Å². The van der Waals surface area contributed by atoms with E-state index in [1.807, 2.05) is 26.0 Å². The Morgan fingerprint density at radius 2 is 1.85 bits per heavy atom. The number of rotatable bonds is 3. The fraction of sp³-hybridized carbons (Fsp3) is 0.188. The van der Waals surface area contributed by atoms with Gasteiger partial charge in [0.2, 0.25) is 0 Å². The van der Waals surface area contributed by atoms with Gasteiger partial charge in [-0.25, -0.2) is 0 Å². The van der Waals surface area contributed by atoms with Crippen LogP contribution in [0.1, 0.15) is 28.4 Å². The number of anilines is 1. The van der Waals surface area contributed by atoms with E-state index in [-0.39, 0.29) is 5.78 Å². The normalized spacial score (nSPS) is 10.4. The Morgan fingerprint density at radius 3 is 2.50 bits per heavy atom. The van der Waals surface area contributed by atoms with E-state index in [1.54, 1.807) is 25.1 Å². The van der Waals surface area contributed by atoms with Crippen LogP contribution in [0.25, 0.3) is 0 Å². The van der Waals surface area contributed by atoms with Gasteiger partial charge in [-0.05, 0) is 44.5 Å². The lowest BCUT2D eigenvalue weighted by molar-refractivity contribution is 0.101. The summed E-state index contributed by atoms with van der Waals surface area (Å²) in [4.78, 5) is 11.7. The van der Waals surface area contributed by atoms with Crippen LogP contribution in [0.5, 0.6) is 11.5 Å². The molecule has 3 nitrogen and oxygen atoms in total. The highest BCUT2D eigenvalue weighted by molar-refractivity contribution is 6.34. The van der Waals surface area contributed by atoms with Crippen LogP contribution in [0.4, 0.5) is 5.69 Å². The highest BCUT2D eigenvalue weighted by Crippen LogP contribution is 2.35. The number of aryl methyl sites for hydroxylation is 1. The summed E-state index contributed by atoms with van der Waals surface area (Å²) >= 11 is 6.11. The summed E-state index contributed by atoms with van der Waals surface area (Å²) in [5, 5.41) is 0.372. The van der Waals surface area contributed by atoms with Crippen LogP contribution in [0.2, 0.25) is 5.02 Å². The maximum Gasteiger partial charge on any atom is 0.160 e. The van der Waals surface area contributed by atoms with E-state index in [1.165, 1.54) is 0 Å². The molecule has 104 valence electrons. The Balaban J connectivity index is 2.47. The summed E-state index contributed by atoms with van der Waals surface area (Å²) in [6.07, 6.45) is 0. The molecule has 0 aliphatic rings. The van der Waals surface area contributed by atoms with E-state index >= 15 is 0 Å². The minimum absolute atomic E-state index is 0.0177. The lowest BCUT2D eigenvalue weighted by Gasteiger charge is -2.14. The van der Waals surface area contributed by atoms with Gasteiger partial charge in [0.1, 0.15) is 16.5 Å². The van der Waals surface area contributed by atoms with Crippen molar-refractivity contribution in [3.8, 4) is 11.5 Å². The number of benzene rings is 2. The molecule has 2 aromatic rings. The van der Waals surface area contributed by atoms with Crippen molar-refractivity contribution in [2.45, 2.75) is 20.8 Å². The molecule has 0 atom stereocenters. The predicted octanol–water partition coefficient (Wildman–Crippen LogP) is 4.53. The second kappa shape index (κ2) is 5.55. The van der Waals surface area contributed by atoms with Crippen LogP contribution < -0.4 is 10.5 Å². The molecule has 0 aliphatic carbocycles. The van der Waals surface area contributed by atoms with Gasteiger partial charge in [-0.2, -0.15) is 0 Å². The Kier molecular flexibility index (Phi) is 4.00. The molecule has 2 N–H and O–H groups in total. The van der Waals surface area contributed by atoms with Crippen LogP contribution in [0.3, 0.4) is 0 Å². The Hall–Kier alpha value is -2.00. The molecule has 0 bridgehead atoms. The average Bonchev–Trinajstić information content (AvgIpc) is 2.37. The van der Waals surface area contributed by atoms with Crippen LogP contribution in [-0.4, -0.2) is 5.78 Å². The van der Waals surface area contributed by atoms with E-state index in [2.05, 4.69) is 0 Å². The first-order valence-electron chi connectivity index (χ1n) is 6.24. The molecular formula is C16H16ClNO2. The van der Waals surface area contributed by atoms with Crippen molar-refractivity contribution >= 4 is 23.1 Å². The lowest BCUT2D eigenvalue weighted by Crippen LogP contribution is -2.02. The molecular weight excluding hydrogens is 274 g/mol. The zero-order valence-corrected chi connectivity index (χ0v) is 12.4. The first-order valence-corrected chi connectivity index (χ1v) is 6.62. The third-order valence-electron chi connectivity index (χ3n) is 3.19. The summed E-state index contributed by atoms with van der Waals surface area (Å²) in [5.41, 5.74) is 8.62. The van der Waals surface area contributed by atoms with Crippen molar-refractivity contribution in [3.63, 3.8) is 0 Å². The van der Waals surface area contributed by atoms with Gasteiger partial charge in [-0.1, -0.05) is 23.7 Å². The number of halogens is 1. The molecule has 0 aliphatic heterocycles. The molecule has 0 heterocycles. The van der Waals surface area contributed by atoms with E-state index in [0.717, 1.165) is 11.1 Å². The van der Waals surface area contributed by atoms with Crippen LogP contribution in [0, 0.1) is 13.8 Å². The molecule has 0 aromatic heterocycles. The van der Waals surface area contributed by atoms with Crippen LogP contribution >= 0.6 is 11.6 Å². The lowest BCUT2D eigenvalue weighted by atomic mass is 9.99. The summed E-state index contributed by atoms with van der Waals surface area (Å²) in [5.74, 6) is 1.10. The maximum absolute atomic E-state index is 11.7. The number of nitrogens with two attached hydrogens (primary N) is 1. The fourth-order valence-corrected chi connectivity index (χ4v) is 2.37. The summed E-state index contributed by atoms with van der Waals surface area (Å²) in [6.45, 7) is 5.31. The Labute approximate surface area is 123 Å². The van der Waals surface area contributed by atoms with Gasteiger partial charge in [-0.15, -0.1) is 0 Å². The second-order valence-electron chi connectivity index (χ2n) is 4.70. The molecule has 0 amide bonds. The number of hydrogen-bond acceptors (Lipinski definition) is 3. The van der Waals surface area contributed by atoms with Crippen molar-refractivity contribution in [3.05, 3.63) is 52.0 Å². The van der Waals surface area contributed by atoms with Gasteiger partial charge in [0, 0.05) is 11.1 Å². The van der Waals surface area contributed by atoms with Gasteiger partial charge in [0.25, 0.3) is 0 Å². The minimum atomic E-state index is 0.0177. The summed E-state index contributed by atoms with van der Waals surface area (Å²) in [6, 6.07) is 8.91. The van der Waals surface area contributed by atoms with Crippen molar-refractivity contribution in [1.82, 2.24) is 0 Å². The summed E-state index contributed by atoms with van der Waals surface area (Å²) < 4.78 is 5.80. The van der Waals surface area contributed by atoms with Crippen molar-refractivity contribution in [2.75, 3.05) is 5.73 Å². The third-order valence-corrected chi connectivity index (χ3v) is 3.59. The molecule has 0 saturated heterocycles. The van der Waals surface area contributed by atoms with Crippen molar-refractivity contribution < 1.29 is 9.53 Å². The molecule has 0 fully saturated rings. The van der Waals surface area contributed by atoms with Gasteiger partial charge < -0.3 is 10.5 Å². The quantitative estimate of drug-likeness (QED) is 0.667. The van der Waals surface area contributed by atoms with E-state index in [0.29, 0.717) is 27.8 Å². The number of nitrogen functional groups attached to an aromatic ring is 1. The van der Waals surface area contributed by atoms with Crippen LogP contribution in [-0.2, 0) is 0 Å². The number of carbonyl (C=O) groups excluding carboxylic acids is 1. The standard InChI is InChI=1S/C16H16ClNO2/c1-9-7-8-13(10(2)15(9)11(3)19)20-14-6-4-5-12(18)16(14)17/h4-8H,18H2,1-3H3. The zero-order valence-electron chi connectivity index (χ0n) is 11.7. The van der Waals surface area contributed by atoms with Gasteiger partial charge in [-0.3, -0.25) is 4.79 Å². The first-order chi connectivity index (χ1) is 9.41. The van der Waals surface area contributed by atoms with Crippen LogP contribution in [0.15, 0.2) is 30.3 Å². The maximum atomic E-state index is 11.7. The molecule has 2 aromatic carbocycles. The fourth-order valence-electron chi connectivity index (χ4n) is 2.21. The topological polar surface area (TPSA) is 52.3 Å². The minimum Gasteiger partial charge on any atom is -0.455 e. The number of hydrogen-bond donors (Lipinski definition) is 1. The van der Waals surface area contributed by atoms with E-state index < -0.39 is 0 Å². The van der Waals surface area contributed by atoms with Gasteiger partial charge in [0.15, 0.2) is 5.78 Å². The van der Waals surface area contributed by atoms with Crippen molar-refractivity contribution in [2.24, 2.45) is 0 Å². The number of Topliss-reactive ketones (excluding diaryl/α,β-unsaturated/α-hetero) is 1.